The average molecular weight is 391 g/mol. The first-order chi connectivity index (χ1) is 13.4. The number of rotatable bonds is 6. The largest absolute Gasteiger partial charge is 0.462 e. The van der Waals surface area contributed by atoms with Crippen molar-refractivity contribution in [2.24, 2.45) is 23.7 Å². The molecule has 7 atom stereocenters. The van der Waals surface area contributed by atoms with Gasteiger partial charge >= 0.3 is 11.9 Å². The summed E-state index contributed by atoms with van der Waals surface area (Å²) < 4.78 is 11.4. The van der Waals surface area contributed by atoms with Crippen LogP contribution in [0.15, 0.2) is 23.8 Å². The van der Waals surface area contributed by atoms with E-state index in [4.69, 9.17) is 9.47 Å². The number of cyclic esters (lactones) is 1. The summed E-state index contributed by atoms with van der Waals surface area (Å²) in [5, 5.41) is 9.86. The SMILES string of the molecule is CCC(C)C(=O)O[C@@H]1CCC=C2C=CC(C)C(CCC3CC(O)CC(=O)O3)C21. The number of fused-ring (bicyclic) bond motifs is 1. The molecular formula is C23H34O5. The summed E-state index contributed by atoms with van der Waals surface area (Å²) in [6, 6.07) is 0. The minimum absolute atomic E-state index is 0.0764. The van der Waals surface area contributed by atoms with Crippen molar-refractivity contribution in [3.8, 4) is 0 Å². The molecule has 156 valence electrons. The van der Waals surface area contributed by atoms with Gasteiger partial charge in [0.15, 0.2) is 0 Å². The smallest absolute Gasteiger partial charge is 0.308 e. The van der Waals surface area contributed by atoms with Crippen LogP contribution in [0.3, 0.4) is 0 Å². The molecular weight excluding hydrogens is 356 g/mol. The zero-order valence-corrected chi connectivity index (χ0v) is 17.3. The quantitative estimate of drug-likeness (QED) is 0.695. The van der Waals surface area contributed by atoms with Crippen LogP contribution in [0.5, 0.6) is 0 Å². The minimum Gasteiger partial charge on any atom is -0.462 e. The fourth-order valence-electron chi connectivity index (χ4n) is 4.80. The molecule has 1 N–H and O–H groups in total. The highest BCUT2D eigenvalue weighted by Crippen LogP contribution is 2.44. The molecule has 0 aromatic carbocycles. The Balaban J connectivity index is 1.70. The van der Waals surface area contributed by atoms with Crippen LogP contribution in [-0.4, -0.2) is 35.4 Å². The van der Waals surface area contributed by atoms with E-state index in [2.05, 4.69) is 25.2 Å². The number of ether oxygens (including phenoxy) is 2. The minimum atomic E-state index is -0.593. The Morgan fingerprint density at radius 2 is 2.18 bits per heavy atom. The third-order valence-electron chi connectivity index (χ3n) is 6.69. The molecule has 1 saturated heterocycles. The van der Waals surface area contributed by atoms with E-state index in [1.54, 1.807) is 0 Å². The van der Waals surface area contributed by atoms with E-state index in [9.17, 15) is 14.7 Å². The molecule has 0 bridgehead atoms. The molecule has 5 nitrogen and oxygen atoms in total. The second kappa shape index (κ2) is 9.25. The molecule has 1 fully saturated rings. The van der Waals surface area contributed by atoms with Gasteiger partial charge in [-0.2, -0.15) is 0 Å². The molecule has 1 heterocycles. The zero-order chi connectivity index (χ0) is 20.3. The second-order valence-corrected chi connectivity index (χ2v) is 8.76. The first-order valence-electron chi connectivity index (χ1n) is 10.8. The van der Waals surface area contributed by atoms with Crippen LogP contribution in [0.25, 0.3) is 0 Å². The highest BCUT2D eigenvalue weighted by atomic mass is 16.5. The average Bonchev–Trinajstić information content (AvgIpc) is 2.66. The number of esters is 2. The maximum absolute atomic E-state index is 12.4. The van der Waals surface area contributed by atoms with Gasteiger partial charge in [-0.05, 0) is 49.5 Å². The zero-order valence-electron chi connectivity index (χ0n) is 17.3. The third kappa shape index (κ3) is 4.86. The van der Waals surface area contributed by atoms with Crippen LogP contribution in [0.4, 0.5) is 0 Å². The van der Waals surface area contributed by atoms with Crippen molar-refractivity contribution in [1.29, 1.82) is 0 Å². The second-order valence-electron chi connectivity index (χ2n) is 8.76. The summed E-state index contributed by atoms with van der Waals surface area (Å²) in [7, 11) is 0. The van der Waals surface area contributed by atoms with Crippen molar-refractivity contribution >= 4 is 11.9 Å². The molecule has 3 aliphatic rings. The Morgan fingerprint density at radius 3 is 2.89 bits per heavy atom. The highest BCUT2D eigenvalue weighted by molar-refractivity contribution is 5.72. The molecule has 5 heteroatoms. The molecule has 0 amide bonds. The van der Waals surface area contributed by atoms with Crippen molar-refractivity contribution < 1.29 is 24.2 Å². The van der Waals surface area contributed by atoms with Gasteiger partial charge < -0.3 is 14.6 Å². The summed E-state index contributed by atoms with van der Waals surface area (Å²) >= 11 is 0. The molecule has 1 aliphatic heterocycles. The number of aliphatic hydroxyl groups excluding tert-OH is 1. The standard InChI is InChI=1S/C23H34O5/c1-4-14(2)23(26)28-20-7-5-6-16-9-8-15(3)19(22(16)20)11-10-18-12-17(24)13-21(25)27-18/h6,8-9,14-15,17-20,22,24H,4-5,7,10-13H2,1-3H3/t14?,15?,17?,18?,19?,20-,22?/m1/s1. The van der Waals surface area contributed by atoms with Crippen molar-refractivity contribution in [2.75, 3.05) is 0 Å². The van der Waals surface area contributed by atoms with Crippen LogP contribution in [0.1, 0.15) is 65.7 Å². The topological polar surface area (TPSA) is 72.8 Å². The van der Waals surface area contributed by atoms with Crippen molar-refractivity contribution in [3.05, 3.63) is 23.8 Å². The molecule has 28 heavy (non-hydrogen) atoms. The summed E-state index contributed by atoms with van der Waals surface area (Å²) in [5.74, 6) is 0.426. The number of allylic oxidation sites excluding steroid dienone is 3. The van der Waals surface area contributed by atoms with Crippen molar-refractivity contribution in [1.82, 2.24) is 0 Å². The Hall–Kier alpha value is -1.62. The first kappa shape index (κ1) is 21.1. The van der Waals surface area contributed by atoms with Gasteiger partial charge in [0, 0.05) is 12.3 Å². The van der Waals surface area contributed by atoms with Crippen LogP contribution in [0.2, 0.25) is 0 Å². The molecule has 0 spiro atoms. The molecule has 0 radical (unpaired) electrons. The van der Waals surface area contributed by atoms with Gasteiger partial charge in [0.05, 0.1) is 18.4 Å². The lowest BCUT2D eigenvalue weighted by Crippen LogP contribution is -2.40. The maximum atomic E-state index is 12.4. The predicted molar refractivity (Wildman–Crippen MR) is 106 cm³/mol. The molecule has 3 rings (SSSR count). The van der Waals surface area contributed by atoms with Gasteiger partial charge in [-0.1, -0.05) is 39.0 Å². The van der Waals surface area contributed by atoms with Crippen LogP contribution < -0.4 is 0 Å². The van der Waals surface area contributed by atoms with Gasteiger partial charge in [-0.25, -0.2) is 0 Å². The summed E-state index contributed by atoms with van der Waals surface area (Å²) in [4.78, 5) is 24.1. The van der Waals surface area contributed by atoms with Gasteiger partial charge in [0.1, 0.15) is 12.2 Å². The van der Waals surface area contributed by atoms with E-state index < -0.39 is 6.10 Å². The third-order valence-corrected chi connectivity index (χ3v) is 6.69. The number of hydrogen-bond donors (Lipinski definition) is 1. The maximum Gasteiger partial charge on any atom is 0.308 e. The van der Waals surface area contributed by atoms with Gasteiger partial charge in [-0.3, -0.25) is 9.59 Å². The molecule has 2 aliphatic carbocycles. The highest BCUT2D eigenvalue weighted by Gasteiger charge is 2.40. The predicted octanol–water partition coefficient (Wildman–Crippen LogP) is 3.95. The molecule has 0 aromatic heterocycles. The van der Waals surface area contributed by atoms with E-state index in [0.29, 0.717) is 18.3 Å². The number of carbonyl (C=O) groups is 2. The molecule has 0 saturated carbocycles. The first-order valence-corrected chi connectivity index (χ1v) is 10.8. The van der Waals surface area contributed by atoms with Crippen LogP contribution >= 0.6 is 0 Å². The fourth-order valence-corrected chi connectivity index (χ4v) is 4.80. The number of aliphatic hydroxyl groups is 1. The molecule has 6 unspecified atom stereocenters. The lowest BCUT2D eigenvalue weighted by Gasteiger charge is -2.42. The Labute approximate surface area is 168 Å². The van der Waals surface area contributed by atoms with E-state index in [1.807, 2.05) is 13.8 Å². The molecule has 0 aromatic rings. The lowest BCUT2D eigenvalue weighted by atomic mass is 9.66. The van der Waals surface area contributed by atoms with Crippen molar-refractivity contribution in [2.45, 2.75) is 84.0 Å². The Bertz CT molecular complexity index is 637. The van der Waals surface area contributed by atoms with E-state index in [1.165, 1.54) is 5.57 Å². The summed E-state index contributed by atoms with van der Waals surface area (Å²) in [5.41, 5.74) is 1.27. The normalized spacial score (nSPS) is 36.1. The number of carbonyl (C=O) groups excluding carboxylic acids is 2. The fraction of sp³-hybridized carbons (Fsp3) is 0.739. The van der Waals surface area contributed by atoms with E-state index in [-0.39, 0.29) is 42.4 Å². The van der Waals surface area contributed by atoms with Crippen molar-refractivity contribution in [3.63, 3.8) is 0 Å². The Morgan fingerprint density at radius 1 is 1.39 bits per heavy atom. The van der Waals surface area contributed by atoms with Gasteiger partial charge in [0.2, 0.25) is 0 Å². The monoisotopic (exact) mass is 390 g/mol. The van der Waals surface area contributed by atoms with Crippen LogP contribution in [-0.2, 0) is 19.1 Å². The van der Waals surface area contributed by atoms with Crippen LogP contribution in [0, 0.1) is 23.7 Å². The lowest BCUT2D eigenvalue weighted by molar-refractivity contribution is -0.162. The Kier molecular flexibility index (Phi) is 6.97. The summed E-state index contributed by atoms with van der Waals surface area (Å²) in [6.07, 6.45) is 10.6. The van der Waals surface area contributed by atoms with E-state index >= 15 is 0 Å². The van der Waals surface area contributed by atoms with Gasteiger partial charge in [0.25, 0.3) is 0 Å². The van der Waals surface area contributed by atoms with E-state index in [0.717, 1.165) is 32.1 Å². The number of hydrogen-bond acceptors (Lipinski definition) is 5. The van der Waals surface area contributed by atoms with Gasteiger partial charge in [-0.15, -0.1) is 0 Å². The summed E-state index contributed by atoms with van der Waals surface area (Å²) in [6.45, 7) is 6.14.